The van der Waals surface area contributed by atoms with Gasteiger partial charge in [-0.1, -0.05) is 35.9 Å². The van der Waals surface area contributed by atoms with E-state index in [1.165, 1.54) is 12.1 Å². The zero-order valence-corrected chi connectivity index (χ0v) is 16.7. The van der Waals surface area contributed by atoms with Crippen LogP contribution in [0, 0.1) is 12.7 Å². The summed E-state index contributed by atoms with van der Waals surface area (Å²) in [6, 6.07) is 17.9. The Kier molecular flexibility index (Phi) is 6.77. The topological polar surface area (TPSA) is 30.5 Å². The molecule has 1 N–H and O–H groups in total. The molecule has 0 heterocycles. The maximum absolute atomic E-state index is 13.0. The number of benzene rings is 3. The summed E-state index contributed by atoms with van der Waals surface area (Å²) in [6.45, 7) is 5.45. The van der Waals surface area contributed by atoms with Crippen molar-refractivity contribution in [1.29, 1.82) is 0 Å². The number of hydrogen-bond acceptors (Lipinski definition) is 3. The molecule has 0 aliphatic heterocycles. The molecule has 3 rings (SSSR count). The van der Waals surface area contributed by atoms with Crippen LogP contribution in [0.25, 0.3) is 0 Å². The maximum atomic E-state index is 13.0. The van der Waals surface area contributed by atoms with Gasteiger partial charge in [-0.05, 0) is 66.9 Å². The van der Waals surface area contributed by atoms with Crippen LogP contribution in [0.5, 0.6) is 11.5 Å². The standard InChI is InChI=1S/C23H23ClFNO2/c1-3-27-23-13-18(14-26-21-6-4-5-20(24)16(21)2)9-12-22(23)28-15-17-7-10-19(25)11-8-17/h4-13,26H,3,14-15H2,1-2H3. The monoisotopic (exact) mass is 399 g/mol. The van der Waals surface area contributed by atoms with E-state index in [1.807, 2.05) is 50.2 Å². The number of anilines is 1. The molecule has 0 aromatic heterocycles. The maximum Gasteiger partial charge on any atom is 0.161 e. The third kappa shape index (κ3) is 5.17. The van der Waals surface area contributed by atoms with E-state index in [0.29, 0.717) is 31.3 Å². The average Bonchev–Trinajstić information content (AvgIpc) is 2.70. The second-order valence-electron chi connectivity index (χ2n) is 6.40. The van der Waals surface area contributed by atoms with Crippen molar-refractivity contribution >= 4 is 17.3 Å². The highest BCUT2D eigenvalue weighted by atomic mass is 35.5. The lowest BCUT2D eigenvalue weighted by molar-refractivity contribution is 0.269. The van der Waals surface area contributed by atoms with Crippen molar-refractivity contribution in [3.63, 3.8) is 0 Å². The van der Waals surface area contributed by atoms with E-state index in [-0.39, 0.29) is 5.82 Å². The summed E-state index contributed by atoms with van der Waals surface area (Å²) in [5, 5.41) is 4.15. The van der Waals surface area contributed by atoms with Gasteiger partial charge in [0.05, 0.1) is 6.61 Å². The molecule has 3 aromatic rings. The van der Waals surface area contributed by atoms with Crippen LogP contribution in [-0.4, -0.2) is 6.61 Å². The normalized spacial score (nSPS) is 10.6. The number of rotatable bonds is 8. The fourth-order valence-corrected chi connectivity index (χ4v) is 2.96. The van der Waals surface area contributed by atoms with Crippen LogP contribution in [0.3, 0.4) is 0 Å². The minimum atomic E-state index is -0.259. The molecule has 0 spiro atoms. The molecule has 0 atom stereocenters. The molecule has 0 bridgehead atoms. The van der Waals surface area contributed by atoms with Gasteiger partial charge in [0.15, 0.2) is 11.5 Å². The zero-order chi connectivity index (χ0) is 19.9. The third-order valence-corrected chi connectivity index (χ3v) is 4.78. The summed E-state index contributed by atoms with van der Waals surface area (Å²) in [4.78, 5) is 0. The fraction of sp³-hybridized carbons (Fsp3) is 0.217. The quantitative estimate of drug-likeness (QED) is 0.477. The molecule has 3 aromatic carbocycles. The van der Waals surface area contributed by atoms with Gasteiger partial charge >= 0.3 is 0 Å². The van der Waals surface area contributed by atoms with E-state index < -0.39 is 0 Å². The lowest BCUT2D eigenvalue weighted by Crippen LogP contribution is -2.04. The number of halogens is 2. The summed E-state index contributed by atoms with van der Waals surface area (Å²) >= 11 is 6.18. The summed E-state index contributed by atoms with van der Waals surface area (Å²) < 4.78 is 24.7. The van der Waals surface area contributed by atoms with Crippen molar-refractivity contribution in [2.24, 2.45) is 0 Å². The third-order valence-electron chi connectivity index (χ3n) is 4.37. The Morgan fingerprint density at radius 3 is 2.43 bits per heavy atom. The van der Waals surface area contributed by atoms with Gasteiger partial charge in [0.1, 0.15) is 12.4 Å². The highest BCUT2D eigenvalue weighted by Gasteiger charge is 2.08. The van der Waals surface area contributed by atoms with E-state index in [4.69, 9.17) is 21.1 Å². The highest BCUT2D eigenvalue weighted by molar-refractivity contribution is 6.31. The van der Waals surface area contributed by atoms with Crippen molar-refractivity contribution in [1.82, 2.24) is 0 Å². The van der Waals surface area contributed by atoms with Crippen LogP contribution in [0.4, 0.5) is 10.1 Å². The molecule has 0 saturated carbocycles. The number of hydrogen-bond donors (Lipinski definition) is 1. The summed E-state index contributed by atoms with van der Waals surface area (Å²) in [7, 11) is 0. The Hall–Kier alpha value is -2.72. The first-order valence-corrected chi connectivity index (χ1v) is 9.56. The van der Waals surface area contributed by atoms with Crippen molar-refractivity contribution < 1.29 is 13.9 Å². The van der Waals surface area contributed by atoms with Gasteiger partial charge in [0, 0.05) is 17.3 Å². The molecule has 28 heavy (non-hydrogen) atoms. The molecular formula is C23H23ClFNO2. The van der Waals surface area contributed by atoms with Gasteiger partial charge in [-0.25, -0.2) is 4.39 Å². The van der Waals surface area contributed by atoms with Gasteiger partial charge in [-0.15, -0.1) is 0 Å². The SMILES string of the molecule is CCOc1cc(CNc2cccc(Cl)c2C)ccc1OCc1ccc(F)cc1. The molecule has 0 saturated heterocycles. The lowest BCUT2D eigenvalue weighted by atomic mass is 10.1. The van der Waals surface area contributed by atoms with Crippen LogP contribution >= 0.6 is 11.6 Å². The molecule has 0 unspecified atom stereocenters. The molecule has 0 aliphatic carbocycles. The van der Waals surface area contributed by atoms with Gasteiger partial charge < -0.3 is 14.8 Å². The fourth-order valence-electron chi connectivity index (χ4n) is 2.79. The zero-order valence-electron chi connectivity index (χ0n) is 16.0. The molecule has 0 aliphatic rings. The predicted molar refractivity (Wildman–Crippen MR) is 112 cm³/mol. The molecule has 3 nitrogen and oxygen atoms in total. The van der Waals surface area contributed by atoms with E-state index in [9.17, 15) is 4.39 Å². The molecular weight excluding hydrogens is 377 g/mol. The van der Waals surface area contributed by atoms with Crippen LogP contribution in [-0.2, 0) is 13.2 Å². The van der Waals surface area contributed by atoms with Crippen molar-refractivity contribution in [2.45, 2.75) is 27.0 Å². The predicted octanol–water partition coefficient (Wildman–Crippen LogP) is 6.38. The molecule has 146 valence electrons. The molecule has 5 heteroatoms. The Morgan fingerprint density at radius 1 is 0.929 bits per heavy atom. The van der Waals surface area contributed by atoms with Crippen molar-refractivity contribution in [3.8, 4) is 11.5 Å². The first-order chi connectivity index (χ1) is 13.6. The summed E-state index contributed by atoms with van der Waals surface area (Å²) in [6.07, 6.45) is 0. The Balaban J connectivity index is 1.69. The van der Waals surface area contributed by atoms with Crippen LogP contribution in [0.2, 0.25) is 5.02 Å². The Bertz CT molecular complexity index is 928. The summed E-state index contributed by atoms with van der Waals surface area (Å²) in [5.41, 5.74) is 3.98. The van der Waals surface area contributed by atoms with Gasteiger partial charge in [-0.2, -0.15) is 0 Å². The first kappa shape index (κ1) is 20.0. The van der Waals surface area contributed by atoms with Gasteiger partial charge in [-0.3, -0.25) is 0 Å². The average molecular weight is 400 g/mol. The second-order valence-corrected chi connectivity index (χ2v) is 6.80. The van der Waals surface area contributed by atoms with Gasteiger partial charge in [0.25, 0.3) is 0 Å². The number of ether oxygens (including phenoxy) is 2. The molecule has 0 amide bonds. The Labute approximate surface area is 170 Å². The minimum absolute atomic E-state index is 0.259. The molecule has 0 fully saturated rings. The largest absolute Gasteiger partial charge is 0.490 e. The molecule has 0 radical (unpaired) electrons. The van der Waals surface area contributed by atoms with E-state index in [2.05, 4.69) is 5.32 Å². The second kappa shape index (κ2) is 9.47. The first-order valence-electron chi connectivity index (χ1n) is 9.18. The lowest BCUT2D eigenvalue weighted by Gasteiger charge is -2.15. The summed E-state index contributed by atoms with van der Waals surface area (Å²) in [5.74, 6) is 1.09. The number of nitrogens with one attached hydrogen (secondary N) is 1. The van der Waals surface area contributed by atoms with Crippen molar-refractivity contribution in [2.75, 3.05) is 11.9 Å². The highest BCUT2D eigenvalue weighted by Crippen LogP contribution is 2.30. The van der Waals surface area contributed by atoms with E-state index in [0.717, 1.165) is 27.4 Å². The minimum Gasteiger partial charge on any atom is -0.490 e. The van der Waals surface area contributed by atoms with E-state index >= 15 is 0 Å². The van der Waals surface area contributed by atoms with Crippen LogP contribution < -0.4 is 14.8 Å². The van der Waals surface area contributed by atoms with Crippen LogP contribution in [0.1, 0.15) is 23.6 Å². The van der Waals surface area contributed by atoms with Crippen LogP contribution in [0.15, 0.2) is 60.7 Å². The van der Waals surface area contributed by atoms with E-state index in [1.54, 1.807) is 12.1 Å². The van der Waals surface area contributed by atoms with Gasteiger partial charge in [0.2, 0.25) is 0 Å². The smallest absolute Gasteiger partial charge is 0.161 e. The van der Waals surface area contributed by atoms with Crippen molar-refractivity contribution in [3.05, 3.63) is 88.2 Å². The Morgan fingerprint density at radius 2 is 1.68 bits per heavy atom.